The molecule has 0 aromatic heterocycles. The van der Waals surface area contributed by atoms with Gasteiger partial charge in [0.1, 0.15) is 0 Å². The maximum atomic E-state index is 4.55. The summed E-state index contributed by atoms with van der Waals surface area (Å²) >= 11 is 9.10. The number of hydrogen-bond donors (Lipinski definition) is 0. The fourth-order valence-corrected chi connectivity index (χ4v) is 0. The second-order valence-electron chi connectivity index (χ2n) is 2.76. The Bertz CT molecular complexity index is 73.3. The third kappa shape index (κ3) is 24.1. The molecule has 0 heterocycles. The molecule has 0 nitrogen and oxygen atoms in total. The molecule has 0 bridgehead atoms. The number of hydrogen-bond acceptors (Lipinski definition) is 2. The van der Waals surface area contributed by atoms with Crippen LogP contribution in [-0.4, -0.2) is 10.7 Å². The van der Waals surface area contributed by atoms with E-state index in [9.17, 15) is 0 Å². The van der Waals surface area contributed by atoms with E-state index in [1.54, 1.807) is 10.7 Å². The van der Waals surface area contributed by atoms with Crippen LogP contribution >= 0.6 is 24.4 Å². The predicted octanol–water partition coefficient (Wildman–Crippen LogP) is 3.28. The molecule has 0 atom stereocenters. The van der Waals surface area contributed by atoms with E-state index in [4.69, 9.17) is 0 Å². The van der Waals surface area contributed by atoms with Gasteiger partial charge in [0.05, 0.1) is 0 Å². The summed E-state index contributed by atoms with van der Waals surface area (Å²) in [7, 11) is 0. The van der Waals surface area contributed by atoms with Crippen molar-refractivity contribution in [2.75, 3.05) is 0 Å². The molecule has 0 rings (SSSR count). The van der Waals surface area contributed by atoms with Crippen molar-refractivity contribution in [3.05, 3.63) is 0 Å². The molecule has 0 aromatic carbocycles. The summed E-state index contributed by atoms with van der Waals surface area (Å²) in [5.41, 5.74) is 0. The first-order chi connectivity index (χ1) is 4.54. The standard InChI is InChI=1S/2C4H8S/c2*1-4(2)3-5/h2*3-4H,1-2H3. The molecule has 0 aromatic rings. The van der Waals surface area contributed by atoms with Gasteiger partial charge in [-0.1, -0.05) is 52.1 Å². The van der Waals surface area contributed by atoms with Crippen LogP contribution in [0.5, 0.6) is 0 Å². The van der Waals surface area contributed by atoms with Crippen molar-refractivity contribution in [3.8, 4) is 0 Å². The molecular formula is C8H16S2. The Hall–Kier alpha value is 0.180. The summed E-state index contributed by atoms with van der Waals surface area (Å²) in [6, 6.07) is 0. The second kappa shape index (κ2) is 9.18. The van der Waals surface area contributed by atoms with Crippen LogP contribution in [-0.2, 0) is 0 Å². The zero-order chi connectivity index (χ0) is 8.57. The summed E-state index contributed by atoms with van der Waals surface area (Å²) in [6.07, 6.45) is 0. The third-order valence-electron chi connectivity index (χ3n) is 0.544. The van der Waals surface area contributed by atoms with Crippen LogP contribution < -0.4 is 0 Å². The summed E-state index contributed by atoms with van der Waals surface area (Å²) in [5.74, 6) is 1.15. The zero-order valence-electron chi connectivity index (χ0n) is 7.13. The lowest BCUT2D eigenvalue weighted by Crippen LogP contribution is -1.79. The van der Waals surface area contributed by atoms with Gasteiger partial charge in [0.15, 0.2) is 0 Å². The molecule has 0 aliphatic heterocycles. The average Bonchev–Trinajstić information content (AvgIpc) is 1.89. The van der Waals surface area contributed by atoms with Gasteiger partial charge in [-0.25, -0.2) is 0 Å². The van der Waals surface area contributed by atoms with E-state index in [-0.39, 0.29) is 0 Å². The predicted molar refractivity (Wildman–Crippen MR) is 57.0 cm³/mol. The van der Waals surface area contributed by atoms with Gasteiger partial charge in [0.25, 0.3) is 0 Å². The number of rotatable bonds is 2. The highest BCUT2D eigenvalue weighted by Gasteiger charge is 1.76. The van der Waals surface area contributed by atoms with Crippen molar-refractivity contribution in [2.45, 2.75) is 27.7 Å². The third-order valence-corrected chi connectivity index (χ3v) is 1.63. The Morgan fingerprint density at radius 3 is 0.900 bits per heavy atom. The van der Waals surface area contributed by atoms with Crippen molar-refractivity contribution in [3.63, 3.8) is 0 Å². The first kappa shape index (κ1) is 12.8. The first-order valence-corrected chi connectivity index (χ1v) is 4.39. The van der Waals surface area contributed by atoms with Gasteiger partial charge in [-0.3, -0.25) is 0 Å². The lowest BCUT2D eigenvalue weighted by molar-refractivity contribution is 0.921. The van der Waals surface area contributed by atoms with Crippen LogP contribution in [0.3, 0.4) is 0 Å². The SMILES string of the molecule is CC(C)C=S.CC(C)C=S. The van der Waals surface area contributed by atoms with Gasteiger partial charge in [-0.05, 0) is 22.6 Å². The van der Waals surface area contributed by atoms with Crippen LogP contribution in [0, 0.1) is 11.8 Å². The Kier molecular flexibility index (Phi) is 11.8. The summed E-state index contributed by atoms with van der Waals surface area (Å²) in [5, 5.41) is 3.50. The Morgan fingerprint density at radius 1 is 0.800 bits per heavy atom. The topological polar surface area (TPSA) is 0 Å². The second-order valence-corrected chi connectivity index (χ2v) is 3.30. The molecule has 0 fully saturated rings. The van der Waals surface area contributed by atoms with Crippen molar-refractivity contribution in [2.24, 2.45) is 11.8 Å². The van der Waals surface area contributed by atoms with Gasteiger partial charge >= 0.3 is 0 Å². The first-order valence-electron chi connectivity index (χ1n) is 3.45. The highest BCUT2D eigenvalue weighted by Crippen LogP contribution is 1.81. The lowest BCUT2D eigenvalue weighted by Gasteiger charge is -1.82. The minimum absolute atomic E-state index is 0.574. The summed E-state index contributed by atoms with van der Waals surface area (Å²) < 4.78 is 0. The van der Waals surface area contributed by atoms with Crippen LogP contribution in [0.4, 0.5) is 0 Å². The van der Waals surface area contributed by atoms with E-state index in [1.165, 1.54) is 0 Å². The largest absolute Gasteiger partial charge is 0.0932 e. The van der Waals surface area contributed by atoms with Gasteiger partial charge < -0.3 is 0 Å². The van der Waals surface area contributed by atoms with Crippen molar-refractivity contribution in [1.82, 2.24) is 0 Å². The van der Waals surface area contributed by atoms with Crippen molar-refractivity contribution < 1.29 is 0 Å². The highest BCUT2D eigenvalue weighted by molar-refractivity contribution is 7.79. The average molecular weight is 176 g/mol. The molecule has 10 heavy (non-hydrogen) atoms. The molecule has 0 N–H and O–H groups in total. The molecule has 60 valence electrons. The van der Waals surface area contributed by atoms with E-state index >= 15 is 0 Å². The molecule has 2 heteroatoms. The van der Waals surface area contributed by atoms with E-state index in [2.05, 4.69) is 52.1 Å². The molecule has 0 spiro atoms. The van der Waals surface area contributed by atoms with E-state index in [0.29, 0.717) is 11.8 Å². The molecular weight excluding hydrogens is 160 g/mol. The molecule has 0 saturated heterocycles. The molecule has 0 aliphatic rings. The van der Waals surface area contributed by atoms with Crippen LogP contribution in [0.15, 0.2) is 0 Å². The molecule has 0 saturated carbocycles. The van der Waals surface area contributed by atoms with Gasteiger partial charge in [-0.2, -0.15) is 0 Å². The normalized spacial score (nSPS) is 8.60. The molecule has 0 radical (unpaired) electrons. The summed E-state index contributed by atoms with van der Waals surface area (Å²) in [6.45, 7) is 8.25. The minimum Gasteiger partial charge on any atom is -0.0932 e. The lowest BCUT2D eigenvalue weighted by atomic mass is 10.3. The molecule has 0 amide bonds. The van der Waals surface area contributed by atoms with Crippen molar-refractivity contribution >= 4 is 35.2 Å². The van der Waals surface area contributed by atoms with Crippen LogP contribution in [0.25, 0.3) is 0 Å². The van der Waals surface area contributed by atoms with E-state index in [1.807, 2.05) is 0 Å². The fraction of sp³-hybridized carbons (Fsp3) is 0.750. The quantitative estimate of drug-likeness (QED) is 0.592. The molecule has 0 unspecified atom stereocenters. The Labute approximate surface area is 75.0 Å². The fourth-order valence-electron chi connectivity index (χ4n) is 0. The maximum absolute atomic E-state index is 4.55. The summed E-state index contributed by atoms with van der Waals surface area (Å²) in [4.78, 5) is 0. The highest BCUT2D eigenvalue weighted by atomic mass is 32.1. The Morgan fingerprint density at radius 2 is 0.900 bits per heavy atom. The van der Waals surface area contributed by atoms with Crippen molar-refractivity contribution in [1.29, 1.82) is 0 Å². The van der Waals surface area contributed by atoms with Gasteiger partial charge in [0, 0.05) is 0 Å². The monoisotopic (exact) mass is 176 g/mol. The van der Waals surface area contributed by atoms with Crippen LogP contribution in [0.2, 0.25) is 0 Å². The Balaban J connectivity index is 0. The molecule has 0 aliphatic carbocycles. The van der Waals surface area contributed by atoms with Crippen LogP contribution in [0.1, 0.15) is 27.7 Å². The zero-order valence-corrected chi connectivity index (χ0v) is 8.76. The van der Waals surface area contributed by atoms with E-state index < -0.39 is 0 Å². The van der Waals surface area contributed by atoms with E-state index in [0.717, 1.165) is 0 Å². The minimum atomic E-state index is 0.574. The van der Waals surface area contributed by atoms with Gasteiger partial charge in [0.2, 0.25) is 0 Å². The number of thiocarbonyl (C=S) groups is 2. The maximum Gasteiger partial charge on any atom is -0.0185 e. The smallest absolute Gasteiger partial charge is 0.0185 e. The van der Waals surface area contributed by atoms with Gasteiger partial charge in [-0.15, -0.1) is 0 Å².